The zero-order chi connectivity index (χ0) is 30.6. The molecule has 1 aliphatic carbocycles. The van der Waals surface area contributed by atoms with E-state index in [1.165, 1.54) is 28.8 Å². The Balaban J connectivity index is 1.37. The van der Waals surface area contributed by atoms with E-state index in [1.54, 1.807) is 26.1 Å². The van der Waals surface area contributed by atoms with Crippen molar-refractivity contribution in [2.45, 2.75) is 56.9 Å². The van der Waals surface area contributed by atoms with Crippen molar-refractivity contribution in [1.82, 2.24) is 24.6 Å². The number of nitrogens with zero attached hydrogens (tertiary/aromatic N) is 4. The van der Waals surface area contributed by atoms with E-state index in [4.69, 9.17) is 16.6 Å². The summed E-state index contributed by atoms with van der Waals surface area (Å²) in [6.45, 7) is 4.53. The van der Waals surface area contributed by atoms with Gasteiger partial charge in [-0.05, 0) is 73.7 Å². The van der Waals surface area contributed by atoms with Crippen LogP contribution in [0.3, 0.4) is 0 Å². The van der Waals surface area contributed by atoms with E-state index in [1.807, 2.05) is 22.6 Å². The summed E-state index contributed by atoms with van der Waals surface area (Å²) in [4.78, 5) is 36.7. The monoisotopic (exact) mass is 625 g/mol. The van der Waals surface area contributed by atoms with E-state index in [0.717, 1.165) is 29.5 Å². The first-order chi connectivity index (χ1) is 20.4. The van der Waals surface area contributed by atoms with E-state index in [9.17, 15) is 22.4 Å². The van der Waals surface area contributed by atoms with Crippen molar-refractivity contribution >= 4 is 50.2 Å². The van der Waals surface area contributed by atoms with Crippen molar-refractivity contribution in [3.63, 3.8) is 0 Å². The maximum atomic E-state index is 13.9. The molecule has 1 saturated carbocycles. The SMILES string of the molecule is Cc1cc([C@@H](C)Nc2ccc(Cl)nc2S(=O)(=O)NC(=O)NC2CC2)c2nc(N3Cc4ccc(F)cc4C3)n(C)c(=O)c2c1. The molecule has 0 radical (unpaired) electrons. The molecular weight excluding hydrogens is 597 g/mol. The number of amides is 2. The number of carbonyl (C=O) groups is 1. The summed E-state index contributed by atoms with van der Waals surface area (Å²) in [6, 6.07) is 9.75. The molecule has 43 heavy (non-hydrogen) atoms. The summed E-state index contributed by atoms with van der Waals surface area (Å²) in [7, 11) is -2.74. The summed E-state index contributed by atoms with van der Waals surface area (Å²) < 4.78 is 43.7. The predicted octanol–water partition coefficient (Wildman–Crippen LogP) is 4.27. The zero-order valence-electron chi connectivity index (χ0n) is 23.6. The molecule has 14 heteroatoms. The highest BCUT2D eigenvalue weighted by atomic mass is 35.5. The van der Waals surface area contributed by atoms with Gasteiger partial charge in [0.2, 0.25) is 11.0 Å². The third kappa shape index (κ3) is 5.74. The third-order valence-corrected chi connectivity index (χ3v) is 9.05. The van der Waals surface area contributed by atoms with E-state index < -0.39 is 27.1 Å². The van der Waals surface area contributed by atoms with Gasteiger partial charge in [-0.2, -0.15) is 8.42 Å². The Morgan fingerprint density at radius 3 is 2.58 bits per heavy atom. The number of hydrogen-bond acceptors (Lipinski definition) is 8. The van der Waals surface area contributed by atoms with Crippen LogP contribution in [0.1, 0.15) is 48.1 Å². The third-order valence-electron chi connectivity index (χ3n) is 7.56. The normalized spacial score (nSPS) is 15.3. The lowest BCUT2D eigenvalue weighted by Crippen LogP contribution is -2.40. The molecule has 224 valence electrons. The molecule has 3 N–H and O–H groups in total. The molecule has 0 spiro atoms. The predicted molar refractivity (Wildman–Crippen MR) is 161 cm³/mol. The molecule has 4 aromatic rings. The molecule has 1 atom stereocenters. The lowest BCUT2D eigenvalue weighted by Gasteiger charge is -2.23. The Morgan fingerprint density at radius 1 is 1.09 bits per heavy atom. The second-order valence-corrected chi connectivity index (χ2v) is 13.0. The quantitative estimate of drug-likeness (QED) is 0.259. The van der Waals surface area contributed by atoms with Crippen molar-refractivity contribution in [3.05, 3.63) is 86.0 Å². The maximum absolute atomic E-state index is 13.9. The van der Waals surface area contributed by atoms with Crippen LogP contribution < -0.4 is 25.8 Å². The van der Waals surface area contributed by atoms with E-state index in [0.29, 0.717) is 35.5 Å². The smallest absolute Gasteiger partial charge is 0.328 e. The molecule has 1 aliphatic heterocycles. The number of aryl methyl sites for hydroxylation is 1. The molecule has 0 saturated heterocycles. The number of nitrogens with one attached hydrogen (secondary N) is 3. The number of halogens is 2. The van der Waals surface area contributed by atoms with Gasteiger partial charge in [0.05, 0.1) is 22.6 Å². The number of pyridine rings is 1. The van der Waals surface area contributed by atoms with Gasteiger partial charge in [0, 0.05) is 31.7 Å². The van der Waals surface area contributed by atoms with Crippen molar-refractivity contribution in [2.75, 3.05) is 10.2 Å². The Labute approximate surface area is 252 Å². The highest BCUT2D eigenvalue weighted by molar-refractivity contribution is 7.90. The van der Waals surface area contributed by atoms with Crippen molar-refractivity contribution in [1.29, 1.82) is 0 Å². The first kappa shape index (κ1) is 28.9. The fourth-order valence-corrected chi connectivity index (χ4v) is 6.55. The van der Waals surface area contributed by atoms with Crippen LogP contribution in [0.15, 0.2) is 52.3 Å². The van der Waals surface area contributed by atoms with Crippen LogP contribution in [0.5, 0.6) is 0 Å². The second kappa shape index (κ2) is 10.8. The summed E-state index contributed by atoms with van der Waals surface area (Å²) in [5.41, 5.74) is 3.55. The molecule has 2 amide bonds. The number of urea groups is 1. The average molecular weight is 626 g/mol. The molecule has 1 fully saturated rings. The summed E-state index contributed by atoms with van der Waals surface area (Å²) in [5.74, 6) is 0.101. The van der Waals surface area contributed by atoms with Crippen LogP contribution in [-0.2, 0) is 30.2 Å². The second-order valence-electron chi connectivity index (χ2n) is 11.0. The molecule has 6 rings (SSSR count). The van der Waals surface area contributed by atoms with Gasteiger partial charge in [-0.3, -0.25) is 9.36 Å². The Kier molecular flexibility index (Phi) is 7.25. The van der Waals surface area contributed by atoms with Crippen LogP contribution in [-0.4, -0.2) is 35.0 Å². The molecule has 2 aliphatic rings. The topological polar surface area (TPSA) is 138 Å². The van der Waals surface area contributed by atoms with E-state index in [-0.39, 0.29) is 28.3 Å². The lowest BCUT2D eigenvalue weighted by molar-refractivity contribution is 0.245. The van der Waals surface area contributed by atoms with Crippen LogP contribution in [0.2, 0.25) is 5.15 Å². The van der Waals surface area contributed by atoms with Gasteiger partial charge in [0.15, 0.2) is 0 Å². The number of benzene rings is 2. The number of rotatable bonds is 7. The Morgan fingerprint density at radius 2 is 1.84 bits per heavy atom. The molecule has 2 aromatic heterocycles. The molecule has 3 heterocycles. The van der Waals surface area contributed by atoms with Crippen molar-refractivity contribution < 1.29 is 17.6 Å². The minimum atomic E-state index is -4.39. The lowest BCUT2D eigenvalue weighted by atomic mass is 10.0. The average Bonchev–Trinajstić information content (AvgIpc) is 3.66. The van der Waals surface area contributed by atoms with Gasteiger partial charge in [0.25, 0.3) is 15.6 Å². The number of hydrogen-bond donors (Lipinski definition) is 3. The molecule has 0 bridgehead atoms. The minimum absolute atomic E-state index is 0.0456. The minimum Gasteiger partial charge on any atom is -0.376 e. The van der Waals surface area contributed by atoms with Gasteiger partial charge in [-0.15, -0.1) is 0 Å². The highest BCUT2D eigenvalue weighted by Crippen LogP contribution is 2.32. The first-order valence-electron chi connectivity index (χ1n) is 13.7. The van der Waals surface area contributed by atoms with Crippen LogP contribution in [0.25, 0.3) is 10.9 Å². The molecular formula is C29H29ClFN7O4S. The van der Waals surface area contributed by atoms with Crippen molar-refractivity contribution in [2.24, 2.45) is 7.05 Å². The first-order valence-corrected chi connectivity index (χ1v) is 15.6. The summed E-state index contributed by atoms with van der Waals surface area (Å²) in [5, 5.41) is 5.65. The van der Waals surface area contributed by atoms with Gasteiger partial charge in [0.1, 0.15) is 11.0 Å². The summed E-state index contributed by atoms with van der Waals surface area (Å²) >= 11 is 6.06. The van der Waals surface area contributed by atoms with Gasteiger partial charge >= 0.3 is 6.03 Å². The summed E-state index contributed by atoms with van der Waals surface area (Å²) in [6.07, 6.45) is 1.58. The van der Waals surface area contributed by atoms with Crippen LogP contribution in [0, 0.1) is 12.7 Å². The Hall–Kier alpha value is -4.23. The largest absolute Gasteiger partial charge is 0.376 e. The standard InChI is InChI=1S/C29H29ClFN7O4S/c1-15-10-21(16(2)32-23-8-9-24(30)34-26(23)43(41,42)36-28(40)33-20-6-7-20)25-22(11-15)27(39)37(3)29(35-25)38-13-17-4-5-19(31)12-18(17)14-38/h4-5,8-12,16,20,32H,6-7,13-14H2,1-3H3,(H2,33,36,40)/t16-/m1/s1. The zero-order valence-corrected chi connectivity index (χ0v) is 25.2. The number of carbonyl (C=O) groups excluding carboxylic acids is 1. The van der Waals surface area contributed by atoms with Gasteiger partial charge < -0.3 is 15.5 Å². The fourth-order valence-electron chi connectivity index (χ4n) is 5.32. The van der Waals surface area contributed by atoms with Crippen LogP contribution in [0.4, 0.5) is 20.8 Å². The highest BCUT2D eigenvalue weighted by Gasteiger charge is 2.29. The van der Waals surface area contributed by atoms with Crippen molar-refractivity contribution in [3.8, 4) is 0 Å². The maximum Gasteiger partial charge on any atom is 0.328 e. The van der Waals surface area contributed by atoms with Crippen LogP contribution >= 0.6 is 11.6 Å². The number of aromatic nitrogens is 3. The number of sulfonamides is 1. The number of fused-ring (bicyclic) bond motifs is 2. The molecule has 2 aromatic carbocycles. The van der Waals surface area contributed by atoms with E-state index >= 15 is 0 Å². The fraction of sp³-hybridized carbons (Fsp3) is 0.310. The van der Waals surface area contributed by atoms with Gasteiger partial charge in [-0.25, -0.2) is 23.9 Å². The Bertz CT molecular complexity index is 1960. The van der Waals surface area contributed by atoms with E-state index in [2.05, 4.69) is 15.6 Å². The number of anilines is 2. The van der Waals surface area contributed by atoms with Gasteiger partial charge in [-0.1, -0.05) is 23.7 Å². The molecule has 0 unspecified atom stereocenters. The molecule has 11 nitrogen and oxygen atoms in total.